The summed E-state index contributed by atoms with van der Waals surface area (Å²) in [7, 11) is 0. The monoisotopic (exact) mass is 397 g/mol. The predicted octanol–water partition coefficient (Wildman–Crippen LogP) is 4.90. The van der Waals surface area contributed by atoms with E-state index in [1.807, 2.05) is 36.4 Å². The lowest BCUT2D eigenvalue weighted by Gasteiger charge is -2.09. The Hall–Kier alpha value is -0.750. The van der Waals surface area contributed by atoms with Crippen molar-refractivity contribution in [3.05, 3.63) is 61.3 Å². The molecule has 2 nitrogen and oxygen atoms in total. The predicted molar refractivity (Wildman–Crippen MR) is 85.5 cm³/mol. The van der Waals surface area contributed by atoms with Crippen LogP contribution in [0.25, 0.3) is 10.9 Å². The number of benzene rings is 1. The number of aliphatic hydroxyl groups excluding tert-OH is 1. The summed E-state index contributed by atoms with van der Waals surface area (Å²) in [5.41, 5.74) is 1.75. The Balaban J connectivity index is 2.03. The van der Waals surface area contributed by atoms with E-state index < -0.39 is 6.10 Å². The number of halogens is 2. The van der Waals surface area contributed by atoms with Crippen LogP contribution in [0.3, 0.4) is 0 Å². The molecule has 96 valence electrons. The number of nitrogens with zero attached hydrogens (tertiary/aromatic N) is 1. The van der Waals surface area contributed by atoms with Crippen LogP contribution in [-0.2, 0) is 0 Å². The maximum atomic E-state index is 10.4. The highest BCUT2D eigenvalue weighted by Gasteiger charge is 2.15. The normalized spacial score (nSPS) is 12.8. The van der Waals surface area contributed by atoms with E-state index in [9.17, 15) is 5.11 Å². The van der Waals surface area contributed by atoms with E-state index in [4.69, 9.17) is 0 Å². The number of rotatable bonds is 2. The van der Waals surface area contributed by atoms with E-state index >= 15 is 0 Å². The third-order valence-corrected chi connectivity index (χ3v) is 6.19. The lowest BCUT2D eigenvalue weighted by molar-refractivity contribution is 0.224. The van der Waals surface area contributed by atoms with E-state index in [1.54, 1.807) is 6.20 Å². The molecular weight excluding hydrogens is 390 g/mol. The number of pyridine rings is 1. The zero-order valence-corrected chi connectivity index (χ0v) is 13.7. The number of fused-ring (bicyclic) bond motifs is 1. The van der Waals surface area contributed by atoms with Gasteiger partial charge in [-0.25, -0.2) is 0 Å². The minimum absolute atomic E-state index is 0.626. The van der Waals surface area contributed by atoms with Crippen molar-refractivity contribution in [2.75, 3.05) is 0 Å². The number of thiophene rings is 1. The molecule has 0 amide bonds. The summed E-state index contributed by atoms with van der Waals surface area (Å²) >= 11 is 8.40. The first kappa shape index (κ1) is 13.2. The third kappa shape index (κ3) is 2.60. The van der Waals surface area contributed by atoms with Crippen LogP contribution in [0.1, 0.15) is 16.5 Å². The van der Waals surface area contributed by atoms with Gasteiger partial charge in [-0.15, -0.1) is 11.3 Å². The van der Waals surface area contributed by atoms with Crippen molar-refractivity contribution < 1.29 is 5.11 Å². The summed E-state index contributed by atoms with van der Waals surface area (Å²) in [4.78, 5) is 5.21. The van der Waals surface area contributed by atoms with Gasteiger partial charge in [-0.05, 0) is 55.6 Å². The van der Waals surface area contributed by atoms with Crippen LogP contribution in [0.2, 0.25) is 0 Å². The Morgan fingerprint density at radius 2 is 2.00 bits per heavy atom. The Bertz CT molecular complexity index is 722. The number of hydrogen-bond donors (Lipinski definition) is 1. The summed E-state index contributed by atoms with van der Waals surface area (Å²) in [6, 6.07) is 11.7. The van der Waals surface area contributed by atoms with Crippen LogP contribution in [0, 0.1) is 0 Å². The van der Waals surface area contributed by atoms with E-state index in [2.05, 4.69) is 36.8 Å². The molecule has 19 heavy (non-hydrogen) atoms. The molecule has 2 heterocycles. The van der Waals surface area contributed by atoms with Gasteiger partial charge in [0.15, 0.2) is 0 Å². The van der Waals surface area contributed by atoms with Crippen molar-refractivity contribution in [3.63, 3.8) is 0 Å². The first-order valence-corrected chi connectivity index (χ1v) is 8.03. The lowest BCUT2D eigenvalue weighted by Crippen LogP contribution is -1.97. The van der Waals surface area contributed by atoms with Crippen molar-refractivity contribution in [1.29, 1.82) is 0 Å². The fourth-order valence-electron chi connectivity index (χ4n) is 1.92. The summed E-state index contributed by atoms with van der Waals surface area (Å²) in [5.74, 6) is 0. The number of hydrogen-bond acceptors (Lipinski definition) is 3. The molecule has 0 aliphatic carbocycles. The molecule has 5 heteroatoms. The Kier molecular flexibility index (Phi) is 3.71. The molecule has 0 saturated heterocycles. The Labute approximate surface area is 131 Å². The maximum Gasteiger partial charge on any atom is 0.113 e. The standard InChI is InChI=1S/C14H9Br2NOS/c15-10-7-12(19-14(10)16)13(18)9-4-3-8-2-1-5-17-11(8)6-9/h1-7,13,18H. The van der Waals surface area contributed by atoms with E-state index in [0.717, 1.165) is 29.6 Å². The van der Waals surface area contributed by atoms with Gasteiger partial charge in [-0.1, -0.05) is 18.2 Å². The van der Waals surface area contributed by atoms with Crippen molar-refractivity contribution in [3.8, 4) is 0 Å². The molecule has 0 bridgehead atoms. The quantitative estimate of drug-likeness (QED) is 0.665. The largest absolute Gasteiger partial charge is 0.383 e. The average Bonchev–Trinajstić information content (AvgIpc) is 2.77. The minimum Gasteiger partial charge on any atom is -0.383 e. The maximum absolute atomic E-state index is 10.4. The van der Waals surface area contributed by atoms with E-state index in [-0.39, 0.29) is 0 Å². The van der Waals surface area contributed by atoms with Crippen molar-refractivity contribution >= 4 is 54.1 Å². The SMILES string of the molecule is OC(c1ccc2cccnc2c1)c1cc(Br)c(Br)s1. The summed E-state index contributed by atoms with van der Waals surface area (Å²) in [5, 5.41) is 11.5. The second-order valence-electron chi connectivity index (χ2n) is 4.13. The lowest BCUT2D eigenvalue weighted by atomic mass is 10.1. The highest BCUT2D eigenvalue weighted by Crippen LogP contribution is 2.37. The van der Waals surface area contributed by atoms with Gasteiger partial charge in [-0.2, -0.15) is 0 Å². The highest BCUT2D eigenvalue weighted by molar-refractivity contribution is 9.13. The van der Waals surface area contributed by atoms with Crippen LogP contribution in [0.5, 0.6) is 0 Å². The fraction of sp³-hybridized carbons (Fsp3) is 0.0714. The van der Waals surface area contributed by atoms with Crippen LogP contribution < -0.4 is 0 Å². The summed E-state index contributed by atoms with van der Waals surface area (Å²) in [6.07, 6.45) is 1.13. The smallest absolute Gasteiger partial charge is 0.113 e. The van der Waals surface area contributed by atoms with Crippen LogP contribution in [-0.4, -0.2) is 10.1 Å². The molecule has 0 aliphatic rings. The Morgan fingerprint density at radius 3 is 2.74 bits per heavy atom. The molecule has 3 aromatic rings. The molecular formula is C14H9Br2NOS. The van der Waals surface area contributed by atoms with E-state index in [0.29, 0.717) is 0 Å². The van der Waals surface area contributed by atoms with Crippen LogP contribution in [0.4, 0.5) is 0 Å². The van der Waals surface area contributed by atoms with Gasteiger partial charge in [0.25, 0.3) is 0 Å². The molecule has 1 unspecified atom stereocenters. The topological polar surface area (TPSA) is 33.1 Å². The molecule has 3 rings (SSSR count). The van der Waals surface area contributed by atoms with Crippen LogP contribution >= 0.6 is 43.2 Å². The molecule has 0 spiro atoms. The first-order chi connectivity index (χ1) is 9.15. The van der Waals surface area contributed by atoms with Gasteiger partial charge >= 0.3 is 0 Å². The molecule has 1 atom stereocenters. The molecule has 1 aromatic carbocycles. The minimum atomic E-state index is -0.626. The van der Waals surface area contributed by atoms with Crippen molar-refractivity contribution in [2.45, 2.75) is 6.10 Å². The number of aromatic nitrogens is 1. The first-order valence-electron chi connectivity index (χ1n) is 5.62. The molecule has 0 aliphatic heterocycles. The zero-order chi connectivity index (χ0) is 13.4. The van der Waals surface area contributed by atoms with Gasteiger partial charge in [0.1, 0.15) is 6.10 Å². The molecule has 0 saturated carbocycles. The third-order valence-electron chi connectivity index (χ3n) is 2.88. The van der Waals surface area contributed by atoms with Crippen LogP contribution in [0.15, 0.2) is 50.9 Å². The second kappa shape index (κ2) is 5.32. The van der Waals surface area contributed by atoms with Gasteiger partial charge in [0.05, 0.1) is 9.30 Å². The van der Waals surface area contributed by atoms with Gasteiger partial charge < -0.3 is 5.11 Å². The molecule has 2 aromatic heterocycles. The van der Waals surface area contributed by atoms with Gasteiger partial charge in [0.2, 0.25) is 0 Å². The number of aliphatic hydroxyl groups is 1. The molecule has 0 fully saturated rings. The zero-order valence-electron chi connectivity index (χ0n) is 9.68. The highest BCUT2D eigenvalue weighted by atomic mass is 79.9. The second-order valence-corrected chi connectivity index (χ2v) is 7.38. The van der Waals surface area contributed by atoms with Crippen molar-refractivity contribution in [1.82, 2.24) is 4.98 Å². The van der Waals surface area contributed by atoms with Gasteiger partial charge in [-0.3, -0.25) is 4.98 Å². The average molecular weight is 399 g/mol. The van der Waals surface area contributed by atoms with E-state index in [1.165, 1.54) is 11.3 Å². The summed E-state index contributed by atoms with van der Waals surface area (Å²) < 4.78 is 1.95. The molecule has 1 N–H and O–H groups in total. The molecule has 0 radical (unpaired) electrons. The fourth-order valence-corrected chi connectivity index (χ4v) is 4.02. The summed E-state index contributed by atoms with van der Waals surface area (Å²) in [6.45, 7) is 0. The van der Waals surface area contributed by atoms with Gasteiger partial charge in [0, 0.05) is 20.9 Å². The van der Waals surface area contributed by atoms with Crippen molar-refractivity contribution in [2.24, 2.45) is 0 Å². The Morgan fingerprint density at radius 1 is 1.16 bits per heavy atom.